The molecule has 0 bridgehead atoms. The van der Waals surface area contributed by atoms with Crippen molar-refractivity contribution in [3.8, 4) is 0 Å². The number of unbranched alkanes of at least 4 members (excludes halogenated alkanes) is 23. The van der Waals surface area contributed by atoms with Crippen LogP contribution in [0.5, 0.6) is 0 Å². The van der Waals surface area contributed by atoms with Gasteiger partial charge in [-0.3, -0.25) is 9.59 Å². The molecular formula is C59H104NO7+. The highest BCUT2D eigenvalue weighted by Crippen LogP contribution is 2.16. The molecule has 0 aliphatic rings. The molecule has 0 amide bonds. The number of hydrogen-bond acceptors (Lipinski definition) is 6. The Hall–Kier alpha value is -3.23. The Morgan fingerprint density at radius 3 is 1.16 bits per heavy atom. The molecule has 1 N–H and O–H groups in total. The van der Waals surface area contributed by atoms with Gasteiger partial charge in [-0.15, -0.1) is 0 Å². The summed E-state index contributed by atoms with van der Waals surface area (Å²) in [6.07, 6.45) is 63.9. The van der Waals surface area contributed by atoms with Gasteiger partial charge in [-0.1, -0.05) is 209 Å². The van der Waals surface area contributed by atoms with E-state index in [4.69, 9.17) is 14.2 Å². The van der Waals surface area contributed by atoms with Crippen molar-refractivity contribution in [2.45, 2.75) is 244 Å². The van der Waals surface area contributed by atoms with Crippen LogP contribution >= 0.6 is 0 Å². The Kier molecular flexibility index (Phi) is 46.8. The number of quaternary nitrogens is 1. The van der Waals surface area contributed by atoms with E-state index in [0.29, 0.717) is 19.3 Å². The van der Waals surface area contributed by atoms with E-state index in [2.05, 4.69) is 86.8 Å². The van der Waals surface area contributed by atoms with E-state index in [9.17, 15) is 19.5 Å². The first-order chi connectivity index (χ1) is 32.6. The maximum atomic E-state index is 12.8. The van der Waals surface area contributed by atoms with Gasteiger partial charge in [-0.2, -0.15) is 0 Å². The molecule has 0 aromatic heterocycles. The molecule has 8 heteroatoms. The fraction of sp³-hybridized carbons (Fsp3) is 0.746. The van der Waals surface area contributed by atoms with Crippen molar-refractivity contribution in [2.75, 3.05) is 41.0 Å². The van der Waals surface area contributed by atoms with Crippen molar-refractivity contribution >= 4 is 17.9 Å². The zero-order chi connectivity index (χ0) is 49.2. The number of carboxylic acids is 1. The Morgan fingerprint density at radius 2 is 0.791 bits per heavy atom. The van der Waals surface area contributed by atoms with Crippen LogP contribution < -0.4 is 0 Å². The van der Waals surface area contributed by atoms with E-state index >= 15 is 0 Å². The van der Waals surface area contributed by atoms with Crippen LogP contribution in [0.3, 0.4) is 0 Å². The van der Waals surface area contributed by atoms with E-state index in [1.807, 2.05) is 21.1 Å². The summed E-state index contributed by atoms with van der Waals surface area (Å²) in [5, 5.41) is 9.67. The summed E-state index contributed by atoms with van der Waals surface area (Å²) >= 11 is 0. The van der Waals surface area contributed by atoms with Crippen LogP contribution in [0.1, 0.15) is 232 Å². The normalized spacial score (nSPS) is 13.4. The molecule has 67 heavy (non-hydrogen) atoms. The molecule has 0 aliphatic carbocycles. The highest BCUT2D eigenvalue weighted by molar-refractivity contribution is 5.72. The predicted octanol–water partition coefficient (Wildman–Crippen LogP) is 16.3. The number of ether oxygens (including phenoxy) is 3. The van der Waals surface area contributed by atoms with Crippen LogP contribution in [-0.4, -0.2) is 80.6 Å². The van der Waals surface area contributed by atoms with E-state index in [1.54, 1.807) is 0 Å². The molecule has 0 saturated heterocycles. The largest absolute Gasteiger partial charge is 0.477 e. The second kappa shape index (κ2) is 49.2. The number of carboxylic acid groups (broad SMARTS) is 1. The van der Waals surface area contributed by atoms with Crippen LogP contribution in [-0.2, 0) is 28.6 Å². The monoisotopic (exact) mass is 939 g/mol. The van der Waals surface area contributed by atoms with Gasteiger partial charge in [0.15, 0.2) is 12.1 Å². The second-order valence-electron chi connectivity index (χ2n) is 19.4. The molecule has 0 spiro atoms. The van der Waals surface area contributed by atoms with Crippen molar-refractivity contribution < 1.29 is 38.2 Å². The zero-order valence-electron chi connectivity index (χ0n) is 44.1. The molecule has 0 aromatic rings. The molecule has 2 unspecified atom stereocenters. The highest BCUT2D eigenvalue weighted by atomic mass is 16.6. The van der Waals surface area contributed by atoms with Crippen LogP contribution in [0.25, 0.3) is 0 Å². The third-order valence-corrected chi connectivity index (χ3v) is 12.1. The summed E-state index contributed by atoms with van der Waals surface area (Å²) in [5.74, 6) is -1.47. The zero-order valence-corrected chi connectivity index (χ0v) is 44.1. The number of carbonyl (C=O) groups excluding carboxylic acids is 2. The van der Waals surface area contributed by atoms with Crippen molar-refractivity contribution in [1.82, 2.24) is 0 Å². The molecule has 386 valence electrons. The Morgan fingerprint density at radius 1 is 0.448 bits per heavy atom. The SMILES string of the molecule is CC/C=C/C/C=C/C/C=C/CCCCCCCCCCCCCCCC(=O)OCC(COCCC(C(=O)O)[N+](C)(C)C)OC(=O)CCCCCCCCCCCC/C=C/C/C=C/C/C=C/CC. The van der Waals surface area contributed by atoms with Gasteiger partial charge in [0.2, 0.25) is 0 Å². The maximum Gasteiger partial charge on any atom is 0.362 e. The van der Waals surface area contributed by atoms with Gasteiger partial charge in [-0.25, -0.2) is 4.79 Å². The summed E-state index contributed by atoms with van der Waals surface area (Å²) < 4.78 is 17.4. The van der Waals surface area contributed by atoms with Gasteiger partial charge in [0.05, 0.1) is 34.4 Å². The molecule has 0 aliphatic heterocycles. The molecule has 0 rings (SSSR count). The van der Waals surface area contributed by atoms with Crippen molar-refractivity contribution in [3.05, 3.63) is 72.9 Å². The Balaban J connectivity index is 4.18. The summed E-state index contributed by atoms with van der Waals surface area (Å²) in [5.41, 5.74) is 0. The number of likely N-dealkylation sites (N-methyl/N-ethyl adjacent to an activating group) is 1. The van der Waals surface area contributed by atoms with Gasteiger partial charge in [0.1, 0.15) is 6.61 Å². The minimum absolute atomic E-state index is 0.0544. The van der Waals surface area contributed by atoms with Gasteiger partial charge in [0.25, 0.3) is 0 Å². The first-order valence-electron chi connectivity index (χ1n) is 27.5. The number of hydrogen-bond donors (Lipinski definition) is 1. The van der Waals surface area contributed by atoms with Gasteiger partial charge in [-0.05, 0) is 77.0 Å². The van der Waals surface area contributed by atoms with Gasteiger partial charge >= 0.3 is 17.9 Å². The number of carbonyl (C=O) groups is 3. The predicted molar refractivity (Wildman–Crippen MR) is 284 cm³/mol. The number of nitrogens with zero attached hydrogens (tertiary/aromatic N) is 1. The molecule has 0 saturated carbocycles. The third-order valence-electron chi connectivity index (χ3n) is 12.1. The topological polar surface area (TPSA) is 99.1 Å². The first kappa shape index (κ1) is 63.8. The van der Waals surface area contributed by atoms with Gasteiger partial charge in [0, 0.05) is 19.3 Å². The van der Waals surface area contributed by atoms with Crippen molar-refractivity contribution in [3.63, 3.8) is 0 Å². The standard InChI is InChI=1S/C59H103NO7/c1-6-8-10-12-14-16-18-20-22-24-26-28-29-30-32-33-35-37-39-41-43-45-47-49-57(61)66-54-55(53-65-52-51-56(59(63)64)60(3,4)5)67-58(62)50-48-46-44-42-40-38-36-34-31-27-25-23-21-19-17-15-13-11-9-7-2/h8-11,14-17,20-23,55-56H,6-7,12-13,18-19,24-54H2,1-5H3/p+1/b10-8+,11-9+,16-14+,17-15+,22-20+,23-21+. The summed E-state index contributed by atoms with van der Waals surface area (Å²) in [6, 6.07) is -0.618. The van der Waals surface area contributed by atoms with Crippen LogP contribution in [0, 0.1) is 0 Å². The third kappa shape index (κ3) is 47.6. The van der Waals surface area contributed by atoms with E-state index in [1.165, 1.54) is 122 Å². The minimum Gasteiger partial charge on any atom is -0.477 e. The number of allylic oxidation sites excluding steroid dienone is 12. The van der Waals surface area contributed by atoms with E-state index in [0.717, 1.165) is 77.0 Å². The molecule has 0 fully saturated rings. The lowest BCUT2D eigenvalue weighted by Gasteiger charge is -2.31. The molecule has 0 aromatic carbocycles. The summed E-state index contributed by atoms with van der Waals surface area (Å²) in [4.78, 5) is 37.3. The average molecular weight is 939 g/mol. The molecule has 0 heterocycles. The lowest BCUT2D eigenvalue weighted by Crippen LogP contribution is -2.50. The average Bonchev–Trinajstić information content (AvgIpc) is 3.29. The molecule has 2 atom stereocenters. The highest BCUT2D eigenvalue weighted by Gasteiger charge is 2.31. The minimum atomic E-state index is -0.875. The maximum absolute atomic E-state index is 12.8. The molecule has 0 radical (unpaired) electrons. The smallest absolute Gasteiger partial charge is 0.362 e. The van der Waals surface area contributed by atoms with Crippen LogP contribution in [0.2, 0.25) is 0 Å². The summed E-state index contributed by atoms with van der Waals surface area (Å²) in [7, 11) is 5.54. The van der Waals surface area contributed by atoms with Crippen LogP contribution in [0.4, 0.5) is 0 Å². The van der Waals surface area contributed by atoms with E-state index in [-0.39, 0.29) is 36.2 Å². The number of aliphatic carboxylic acids is 1. The van der Waals surface area contributed by atoms with Gasteiger partial charge < -0.3 is 23.8 Å². The fourth-order valence-electron chi connectivity index (χ4n) is 7.95. The van der Waals surface area contributed by atoms with E-state index < -0.39 is 18.1 Å². The second-order valence-corrected chi connectivity index (χ2v) is 19.4. The lowest BCUT2D eigenvalue weighted by atomic mass is 10.0. The fourth-order valence-corrected chi connectivity index (χ4v) is 7.95. The molecular weight excluding hydrogens is 835 g/mol. The number of esters is 2. The van der Waals surface area contributed by atoms with Crippen molar-refractivity contribution in [2.24, 2.45) is 0 Å². The Bertz CT molecular complexity index is 1320. The molecule has 8 nitrogen and oxygen atoms in total. The number of rotatable bonds is 49. The lowest BCUT2D eigenvalue weighted by molar-refractivity contribution is -0.887. The first-order valence-corrected chi connectivity index (χ1v) is 27.5. The van der Waals surface area contributed by atoms with Crippen molar-refractivity contribution in [1.29, 1.82) is 0 Å². The van der Waals surface area contributed by atoms with Crippen LogP contribution in [0.15, 0.2) is 72.9 Å². The Labute approximate surface area is 412 Å². The summed E-state index contributed by atoms with van der Waals surface area (Å²) in [6.45, 7) is 4.54. The quantitative estimate of drug-likeness (QED) is 0.0281.